The lowest BCUT2D eigenvalue weighted by Crippen LogP contribution is -2.54. The van der Waals surface area contributed by atoms with Crippen molar-refractivity contribution in [3.05, 3.63) is 59.2 Å². The zero-order valence-electron chi connectivity index (χ0n) is 20.3. The summed E-state index contributed by atoms with van der Waals surface area (Å²) in [6.07, 6.45) is 0.493. The Balaban J connectivity index is 2.25. The molecule has 0 aromatic heterocycles. The number of hydrogen-bond acceptors (Lipinski definition) is 4. The van der Waals surface area contributed by atoms with Crippen LogP contribution in [-0.4, -0.2) is 42.0 Å². The highest BCUT2D eigenvalue weighted by Crippen LogP contribution is 2.20. The minimum Gasteiger partial charge on any atom is -0.497 e. The van der Waals surface area contributed by atoms with Crippen molar-refractivity contribution in [2.45, 2.75) is 66.1 Å². The van der Waals surface area contributed by atoms with Gasteiger partial charge in [-0.05, 0) is 70.4 Å². The van der Waals surface area contributed by atoms with Crippen LogP contribution in [0.4, 0.5) is 0 Å². The Kier molecular flexibility index (Phi) is 8.70. The molecule has 174 valence electrons. The largest absolute Gasteiger partial charge is 0.497 e. The van der Waals surface area contributed by atoms with Crippen LogP contribution in [0.3, 0.4) is 0 Å². The van der Waals surface area contributed by atoms with Gasteiger partial charge in [-0.1, -0.05) is 36.8 Å². The summed E-state index contributed by atoms with van der Waals surface area (Å²) in [5.41, 5.74) is 2.62. The molecular weight excluding hydrogens is 404 g/mol. The van der Waals surface area contributed by atoms with E-state index in [9.17, 15) is 9.59 Å². The number of nitrogens with zero attached hydrogens (tertiary/aromatic N) is 1. The van der Waals surface area contributed by atoms with Crippen LogP contribution in [0, 0.1) is 13.8 Å². The van der Waals surface area contributed by atoms with Gasteiger partial charge in [-0.2, -0.15) is 0 Å². The normalized spacial score (nSPS) is 12.1. The molecule has 0 radical (unpaired) electrons. The predicted molar refractivity (Wildman–Crippen MR) is 127 cm³/mol. The molecule has 0 spiro atoms. The van der Waals surface area contributed by atoms with Gasteiger partial charge in [0.2, 0.25) is 5.91 Å². The third kappa shape index (κ3) is 7.29. The van der Waals surface area contributed by atoms with Crippen LogP contribution in [0.2, 0.25) is 0 Å². The quantitative estimate of drug-likeness (QED) is 0.627. The smallest absolute Gasteiger partial charge is 0.261 e. The van der Waals surface area contributed by atoms with Gasteiger partial charge in [-0.15, -0.1) is 0 Å². The van der Waals surface area contributed by atoms with Gasteiger partial charge >= 0.3 is 0 Å². The number of aryl methyl sites for hydroxylation is 2. The molecule has 0 unspecified atom stereocenters. The second-order valence-electron chi connectivity index (χ2n) is 9.09. The van der Waals surface area contributed by atoms with Crippen LogP contribution >= 0.6 is 0 Å². The summed E-state index contributed by atoms with van der Waals surface area (Å²) in [7, 11) is 1.61. The van der Waals surface area contributed by atoms with Crippen molar-refractivity contribution in [3.8, 4) is 11.5 Å². The Hall–Kier alpha value is -3.02. The number of benzene rings is 2. The van der Waals surface area contributed by atoms with Crippen molar-refractivity contribution in [1.29, 1.82) is 0 Å². The summed E-state index contributed by atoms with van der Waals surface area (Å²) in [6.45, 7) is 11.8. The molecular formula is C26H36N2O4. The lowest BCUT2D eigenvalue weighted by molar-refractivity contribution is -0.143. The summed E-state index contributed by atoms with van der Waals surface area (Å²) in [4.78, 5) is 27.9. The molecule has 32 heavy (non-hydrogen) atoms. The molecule has 1 N–H and O–H groups in total. The van der Waals surface area contributed by atoms with E-state index in [2.05, 4.69) is 5.32 Å². The average molecular weight is 441 g/mol. The monoisotopic (exact) mass is 440 g/mol. The lowest BCUT2D eigenvalue weighted by atomic mass is 10.1. The summed E-state index contributed by atoms with van der Waals surface area (Å²) < 4.78 is 11.1. The second-order valence-corrected chi connectivity index (χ2v) is 9.09. The highest BCUT2D eigenvalue weighted by Gasteiger charge is 2.31. The third-order valence-corrected chi connectivity index (χ3v) is 5.08. The molecule has 0 bridgehead atoms. The number of carbonyl (C=O) groups is 2. The SMILES string of the molecule is CC[C@@H](C(=O)NC(C)(C)C)N(Cc1ccc(OC)cc1)C(=O)COc1ccc(C)cc1C. The average Bonchev–Trinajstić information content (AvgIpc) is 2.72. The molecule has 0 aliphatic carbocycles. The summed E-state index contributed by atoms with van der Waals surface area (Å²) in [5, 5.41) is 3.01. The topological polar surface area (TPSA) is 67.9 Å². The highest BCUT2D eigenvalue weighted by molar-refractivity contribution is 5.88. The summed E-state index contributed by atoms with van der Waals surface area (Å²) in [6, 6.07) is 12.7. The number of rotatable bonds is 9. The first kappa shape index (κ1) is 25.2. The highest BCUT2D eigenvalue weighted by atomic mass is 16.5. The Bertz CT molecular complexity index is 916. The van der Waals surface area contributed by atoms with Crippen LogP contribution in [-0.2, 0) is 16.1 Å². The van der Waals surface area contributed by atoms with Crippen molar-refractivity contribution >= 4 is 11.8 Å². The van der Waals surface area contributed by atoms with E-state index in [1.165, 1.54) is 0 Å². The van der Waals surface area contributed by atoms with E-state index in [1.807, 2.05) is 84.0 Å². The van der Waals surface area contributed by atoms with Gasteiger partial charge in [0.1, 0.15) is 17.5 Å². The fourth-order valence-corrected chi connectivity index (χ4v) is 3.48. The molecule has 0 heterocycles. The van der Waals surface area contributed by atoms with E-state index in [0.29, 0.717) is 18.7 Å². The molecule has 0 aliphatic rings. The number of nitrogens with one attached hydrogen (secondary N) is 1. The Morgan fingerprint density at radius 3 is 2.25 bits per heavy atom. The molecule has 0 saturated heterocycles. The maximum atomic E-state index is 13.3. The summed E-state index contributed by atoms with van der Waals surface area (Å²) >= 11 is 0. The van der Waals surface area contributed by atoms with E-state index < -0.39 is 11.6 Å². The van der Waals surface area contributed by atoms with Gasteiger partial charge < -0.3 is 19.7 Å². The number of hydrogen-bond donors (Lipinski definition) is 1. The Morgan fingerprint density at radius 1 is 1.06 bits per heavy atom. The number of amides is 2. The zero-order chi connectivity index (χ0) is 23.9. The molecule has 1 atom stereocenters. The van der Waals surface area contributed by atoms with Crippen molar-refractivity contribution in [3.63, 3.8) is 0 Å². The maximum Gasteiger partial charge on any atom is 0.261 e. The number of ether oxygens (including phenoxy) is 2. The third-order valence-electron chi connectivity index (χ3n) is 5.08. The predicted octanol–water partition coefficient (Wildman–Crippen LogP) is 4.41. The zero-order valence-corrected chi connectivity index (χ0v) is 20.3. The molecule has 0 aliphatic heterocycles. The second kappa shape index (κ2) is 11.0. The molecule has 2 aromatic rings. The van der Waals surface area contributed by atoms with Gasteiger partial charge in [0.25, 0.3) is 5.91 Å². The van der Waals surface area contributed by atoms with Gasteiger partial charge in [0.15, 0.2) is 6.61 Å². The van der Waals surface area contributed by atoms with E-state index in [1.54, 1.807) is 12.0 Å². The van der Waals surface area contributed by atoms with Crippen LogP contribution < -0.4 is 14.8 Å². The minimum absolute atomic E-state index is 0.140. The molecule has 0 saturated carbocycles. The van der Waals surface area contributed by atoms with E-state index in [0.717, 1.165) is 22.4 Å². The van der Waals surface area contributed by atoms with Crippen molar-refractivity contribution in [2.24, 2.45) is 0 Å². The maximum absolute atomic E-state index is 13.3. The van der Waals surface area contributed by atoms with Gasteiger partial charge in [0, 0.05) is 12.1 Å². The van der Waals surface area contributed by atoms with E-state index in [-0.39, 0.29) is 18.4 Å². The Morgan fingerprint density at radius 2 is 1.72 bits per heavy atom. The minimum atomic E-state index is -0.605. The van der Waals surface area contributed by atoms with Gasteiger partial charge in [-0.25, -0.2) is 0 Å². The number of carbonyl (C=O) groups excluding carboxylic acids is 2. The van der Waals surface area contributed by atoms with Gasteiger partial charge in [0.05, 0.1) is 7.11 Å². The van der Waals surface area contributed by atoms with Gasteiger partial charge in [-0.3, -0.25) is 9.59 Å². The summed E-state index contributed by atoms with van der Waals surface area (Å²) in [5.74, 6) is 0.993. The van der Waals surface area contributed by atoms with Crippen LogP contribution in [0.5, 0.6) is 11.5 Å². The molecule has 2 rings (SSSR count). The van der Waals surface area contributed by atoms with Crippen LogP contribution in [0.1, 0.15) is 50.8 Å². The molecule has 2 amide bonds. The standard InChI is InChI=1S/C26H36N2O4/c1-8-22(25(30)27-26(4,5)6)28(16-20-10-12-21(31-7)13-11-20)24(29)17-32-23-14-9-18(2)15-19(23)3/h9-15,22H,8,16-17H2,1-7H3,(H,27,30)/t22-/m0/s1. The molecule has 2 aromatic carbocycles. The number of methoxy groups -OCH3 is 1. The van der Waals surface area contributed by atoms with Crippen LogP contribution in [0.15, 0.2) is 42.5 Å². The first-order valence-corrected chi connectivity index (χ1v) is 11.0. The molecule has 0 fully saturated rings. The first-order valence-electron chi connectivity index (χ1n) is 11.0. The van der Waals surface area contributed by atoms with E-state index >= 15 is 0 Å². The van der Waals surface area contributed by atoms with Crippen LogP contribution in [0.25, 0.3) is 0 Å². The van der Waals surface area contributed by atoms with Crippen molar-refractivity contribution in [2.75, 3.05) is 13.7 Å². The fourth-order valence-electron chi connectivity index (χ4n) is 3.48. The van der Waals surface area contributed by atoms with Crippen molar-refractivity contribution < 1.29 is 19.1 Å². The van der Waals surface area contributed by atoms with Crippen molar-refractivity contribution in [1.82, 2.24) is 10.2 Å². The fraction of sp³-hybridized carbons (Fsp3) is 0.462. The first-order chi connectivity index (χ1) is 15.0. The van der Waals surface area contributed by atoms with E-state index in [4.69, 9.17) is 9.47 Å². The Labute approximate surface area is 191 Å². The molecule has 6 heteroatoms. The lowest BCUT2D eigenvalue weighted by Gasteiger charge is -2.33. The molecule has 6 nitrogen and oxygen atoms in total.